The van der Waals surface area contributed by atoms with Crippen molar-refractivity contribution in [2.24, 2.45) is 0 Å². The minimum absolute atomic E-state index is 0.236. The number of nitrogens with one attached hydrogen (secondary N) is 1. The normalized spacial score (nSPS) is 9.43. The van der Waals surface area contributed by atoms with Crippen LogP contribution in [0.2, 0.25) is 0 Å². The molecule has 0 aliphatic heterocycles. The molecule has 1 aromatic rings. The van der Waals surface area contributed by atoms with Crippen molar-refractivity contribution < 1.29 is 0 Å². The molecule has 74 valence electrons. The predicted molar refractivity (Wildman–Crippen MR) is 55.6 cm³/mol. The van der Waals surface area contributed by atoms with Crippen molar-refractivity contribution in [2.45, 2.75) is 19.8 Å². The Labute approximate surface area is 83.2 Å². The number of hydrogen-bond donors (Lipinski definition) is 2. The molecule has 1 heterocycles. The second kappa shape index (κ2) is 5.02. The first kappa shape index (κ1) is 10.3. The molecule has 0 saturated heterocycles. The Morgan fingerprint density at radius 1 is 1.43 bits per heavy atom. The lowest BCUT2D eigenvalue weighted by atomic mass is 10.4. The third-order valence-electron chi connectivity index (χ3n) is 1.57. The highest BCUT2D eigenvalue weighted by atomic mass is 15.2. The molecule has 0 aromatic carbocycles. The Morgan fingerprint density at radius 3 is 2.86 bits per heavy atom. The highest BCUT2D eigenvalue weighted by Crippen LogP contribution is 2.02. The average Bonchev–Trinajstić information content (AvgIpc) is 2.17. The van der Waals surface area contributed by atoms with Crippen molar-refractivity contribution >= 4 is 11.9 Å². The molecular formula is C9H13N5. The Bertz CT molecular complexity index is 342. The molecule has 5 heteroatoms. The maximum Gasteiger partial charge on any atom is 0.227 e. The summed E-state index contributed by atoms with van der Waals surface area (Å²) >= 11 is 0. The minimum atomic E-state index is 0.236. The Hall–Kier alpha value is -1.83. The Balaban J connectivity index is 2.67. The first-order chi connectivity index (χ1) is 6.76. The average molecular weight is 191 g/mol. The zero-order valence-electron chi connectivity index (χ0n) is 8.12. The monoisotopic (exact) mass is 191 g/mol. The SMILES string of the molecule is C#CCCNc1nc(N)nc(CC)n1. The number of nitrogens with two attached hydrogens (primary N) is 1. The standard InChI is InChI=1S/C9H13N5/c1-3-5-6-11-9-13-7(4-2)12-8(10)14-9/h1H,4-6H2,2H3,(H3,10,11,12,13,14). The second-order valence-corrected chi connectivity index (χ2v) is 2.67. The van der Waals surface area contributed by atoms with Crippen LogP contribution in [0.25, 0.3) is 0 Å². The van der Waals surface area contributed by atoms with Crippen molar-refractivity contribution in [3.05, 3.63) is 5.82 Å². The van der Waals surface area contributed by atoms with E-state index in [1.54, 1.807) is 0 Å². The van der Waals surface area contributed by atoms with Crippen molar-refractivity contribution in [3.63, 3.8) is 0 Å². The number of hydrogen-bond acceptors (Lipinski definition) is 5. The van der Waals surface area contributed by atoms with E-state index in [4.69, 9.17) is 12.2 Å². The summed E-state index contributed by atoms with van der Waals surface area (Å²) in [6, 6.07) is 0. The summed E-state index contributed by atoms with van der Waals surface area (Å²) in [7, 11) is 0. The van der Waals surface area contributed by atoms with Gasteiger partial charge in [0.1, 0.15) is 5.82 Å². The molecule has 1 aromatic heterocycles. The van der Waals surface area contributed by atoms with Gasteiger partial charge in [-0.2, -0.15) is 15.0 Å². The lowest BCUT2D eigenvalue weighted by Gasteiger charge is -2.04. The first-order valence-electron chi connectivity index (χ1n) is 4.44. The van der Waals surface area contributed by atoms with Crippen LogP contribution < -0.4 is 11.1 Å². The number of terminal acetylenes is 1. The second-order valence-electron chi connectivity index (χ2n) is 2.67. The van der Waals surface area contributed by atoms with Gasteiger partial charge in [0.2, 0.25) is 11.9 Å². The largest absolute Gasteiger partial charge is 0.368 e. The zero-order valence-corrected chi connectivity index (χ0v) is 8.12. The molecule has 0 spiro atoms. The number of aromatic nitrogens is 3. The van der Waals surface area contributed by atoms with Crippen molar-refractivity contribution in [2.75, 3.05) is 17.6 Å². The number of aryl methyl sites for hydroxylation is 1. The van der Waals surface area contributed by atoms with Crippen LogP contribution >= 0.6 is 0 Å². The summed E-state index contributed by atoms with van der Waals surface area (Å²) < 4.78 is 0. The van der Waals surface area contributed by atoms with Gasteiger partial charge in [0.25, 0.3) is 0 Å². The highest BCUT2D eigenvalue weighted by Gasteiger charge is 2.01. The third-order valence-corrected chi connectivity index (χ3v) is 1.57. The minimum Gasteiger partial charge on any atom is -0.368 e. The summed E-state index contributed by atoms with van der Waals surface area (Å²) in [6.07, 6.45) is 6.48. The highest BCUT2D eigenvalue weighted by molar-refractivity contribution is 5.31. The summed E-state index contributed by atoms with van der Waals surface area (Å²) in [5.74, 6) is 3.92. The quantitative estimate of drug-likeness (QED) is 0.534. The van der Waals surface area contributed by atoms with Gasteiger partial charge in [-0.1, -0.05) is 6.92 Å². The van der Waals surface area contributed by atoms with E-state index in [1.165, 1.54) is 0 Å². The van der Waals surface area contributed by atoms with E-state index in [1.807, 2.05) is 6.92 Å². The molecule has 3 N–H and O–H groups in total. The predicted octanol–water partition coefficient (Wildman–Crippen LogP) is 0.451. The van der Waals surface area contributed by atoms with Crippen LogP contribution in [0.5, 0.6) is 0 Å². The van der Waals surface area contributed by atoms with Crippen LogP contribution in [0.4, 0.5) is 11.9 Å². The summed E-state index contributed by atoms with van der Waals surface area (Å²) in [5.41, 5.74) is 5.50. The summed E-state index contributed by atoms with van der Waals surface area (Å²) in [5, 5.41) is 2.98. The van der Waals surface area contributed by atoms with Gasteiger partial charge in [-0.25, -0.2) is 0 Å². The van der Waals surface area contributed by atoms with E-state index in [2.05, 4.69) is 26.2 Å². The molecular weight excluding hydrogens is 178 g/mol. The number of nitrogens with zero attached hydrogens (tertiary/aromatic N) is 3. The summed E-state index contributed by atoms with van der Waals surface area (Å²) in [4.78, 5) is 12.0. The van der Waals surface area contributed by atoms with Crippen LogP contribution in [-0.2, 0) is 6.42 Å². The van der Waals surface area contributed by atoms with Crippen LogP contribution in [0, 0.1) is 12.3 Å². The molecule has 5 nitrogen and oxygen atoms in total. The maximum absolute atomic E-state index is 5.50. The van der Waals surface area contributed by atoms with Crippen molar-refractivity contribution in [3.8, 4) is 12.3 Å². The Morgan fingerprint density at radius 2 is 2.21 bits per heavy atom. The van der Waals surface area contributed by atoms with Crippen LogP contribution in [0.15, 0.2) is 0 Å². The van der Waals surface area contributed by atoms with E-state index < -0.39 is 0 Å². The molecule has 0 atom stereocenters. The lowest BCUT2D eigenvalue weighted by molar-refractivity contribution is 0.898. The zero-order chi connectivity index (χ0) is 10.4. The fourth-order valence-electron chi connectivity index (χ4n) is 0.922. The van der Waals surface area contributed by atoms with Crippen LogP contribution in [0.1, 0.15) is 19.2 Å². The van der Waals surface area contributed by atoms with Crippen molar-refractivity contribution in [1.82, 2.24) is 15.0 Å². The van der Waals surface area contributed by atoms with Crippen LogP contribution in [-0.4, -0.2) is 21.5 Å². The molecule has 0 unspecified atom stereocenters. The first-order valence-corrected chi connectivity index (χ1v) is 4.44. The number of nitrogen functional groups attached to an aromatic ring is 1. The van der Waals surface area contributed by atoms with Gasteiger partial charge >= 0.3 is 0 Å². The van der Waals surface area contributed by atoms with E-state index in [-0.39, 0.29) is 5.95 Å². The molecule has 0 radical (unpaired) electrons. The molecule has 0 bridgehead atoms. The van der Waals surface area contributed by atoms with Gasteiger partial charge in [-0.3, -0.25) is 0 Å². The van der Waals surface area contributed by atoms with Gasteiger partial charge in [-0.05, 0) is 0 Å². The maximum atomic E-state index is 5.50. The molecule has 0 saturated carbocycles. The summed E-state index contributed by atoms with van der Waals surface area (Å²) in [6.45, 7) is 2.60. The number of anilines is 2. The van der Waals surface area contributed by atoms with E-state index in [0.29, 0.717) is 24.7 Å². The van der Waals surface area contributed by atoms with E-state index >= 15 is 0 Å². The fourth-order valence-corrected chi connectivity index (χ4v) is 0.922. The van der Waals surface area contributed by atoms with E-state index in [9.17, 15) is 0 Å². The van der Waals surface area contributed by atoms with Gasteiger partial charge in [-0.15, -0.1) is 12.3 Å². The molecule has 0 fully saturated rings. The molecule has 0 aliphatic rings. The van der Waals surface area contributed by atoms with Gasteiger partial charge < -0.3 is 11.1 Å². The van der Waals surface area contributed by atoms with Crippen LogP contribution in [0.3, 0.4) is 0 Å². The Kier molecular flexibility index (Phi) is 3.68. The van der Waals surface area contributed by atoms with E-state index in [0.717, 1.165) is 6.42 Å². The third kappa shape index (κ3) is 2.90. The molecule has 1 rings (SSSR count). The molecule has 0 amide bonds. The molecule has 0 aliphatic carbocycles. The fraction of sp³-hybridized carbons (Fsp3) is 0.444. The van der Waals surface area contributed by atoms with Gasteiger partial charge in [0.05, 0.1) is 0 Å². The van der Waals surface area contributed by atoms with Gasteiger partial charge in [0, 0.05) is 19.4 Å². The smallest absolute Gasteiger partial charge is 0.227 e. The molecule has 14 heavy (non-hydrogen) atoms. The topological polar surface area (TPSA) is 76.7 Å². The lowest BCUT2D eigenvalue weighted by Crippen LogP contribution is -2.10. The number of rotatable bonds is 4. The van der Waals surface area contributed by atoms with Crippen molar-refractivity contribution in [1.29, 1.82) is 0 Å². The van der Waals surface area contributed by atoms with Gasteiger partial charge in [0.15, 0.2) is 0 Å².